The maximum absolute atomic E-state index is 11.8. The third-order valence-electron chi connectivity index (χ3n) is 4.34. The average Bonchev–Trinajstić information content (AvgIpc) is 3.02. The Balaban J connectivity index is 0.00000338. The molecule has 26 heavy (non-hydrogen) atoms. The lowest BCUT2D eigenvalue weighted by molar-refractivity contribution is -0.121. The van der Waals surface area contributed by atoms with E-state index in [1.165, 1.54) is 12.0 Å². The fraction of sp³-hybridized carbons (Fsp3) is 0.600. The molecule has 1 fully saturated rings. The number of amides is 1. The summed E-state index contributed by atoms with van der Waals surface area (Å²) >= 11 is 0. The van der Waals surface area contributed by atoms with Crippen LogP contribution in [-0.4, -0.2) is 49.0 Å². The first-order chi connectivity index (χ1) is 12.1. The number of nitrogens with one attached hydrogen (secondary N) is 2. The zero-order valence-corrected chi connectivity index (χ0v) is 18.5. The summed E-state index contributed by atoms with van der Waals surface area (Å²) in [7, 11) is 0. The summed E-state index contributed by atoms with van der Waals surface area (Å²) in [6, 6.07) is 10.9. The first-order valence-electron chi connectivity index (χ1n) is 9.45. The van der Waals surface area contributed by atoms with Crippen LogP contribution in [0.25, 0.3) is 0 Å². The lowest BCUT2D eigenvalue weighted by Gasteiger charge is -2.21. The van der Waals surface area contributed by atoms with Gasteiger partial charge in [0.05, 0.1) is 6.54 Å². The Bertz CT molecular complexity index is 562. The molecule has 0 bridgehead atoms. The number of hydrogen-bond acceptors (Lipinski definition) is 2. The third kappa shape index (κ3) is 7.93. The van der Waals surface area contributed by atoms with Gasteiger partial charge >= 0.3 is 0 Å². The van der Waals surface area contributed by atoms with E-state index >= 15 is 0 Å². The molecule has 0 radical (unpaired) electrons. The number of aliphatic imine (C=N–C) groups is 1. The van der Waals surface area contributed by atoms with Crippen LogP contribution in [0.5, 0.6) is 0 Å². The van der Waals surface area contributed by atoms with E-state index in [1.54, 1.807) is 0 Å². The predicted molar refractivity (Wildman–Crippen MR) is 119 cm³/mol. The van der Waals surface area contributed by atoms with Gasteiger partial charge in [-0.05, 0) is 45.1 Å². The molecule has 0 spiro atoms. The quantitative estimate of drug-likeness (QED) is 0.365. The summed E-state index contributed by atoms with van der Waals surface area (Å²) in [5.74, 6) is 1.67. The Hall–Kier alpha value is -1.31. The molecule has 2 N–H and O–H groups in total. The first kappa shape index (κ1) is 22.7. The molecular formula is C20H33IN4O. The van der Waals surface area contributed by atoms with Crippen molar-refractivity contribution in [3.8, 4) is 0 Å². The van der Waals surface area contributed by atoms with Crippen LogP contribution in [0.4, 0.5) is 0 Å². The van der Waals surface area contributed by atoms with E-state index < -0.39 is 0 Å². The van der Waals surface area contributed by atoms with Crippen molar-refractivity contribution in [2.45, 2.75) is 46.1 Å². The van der Waals surface area contributed by atoms with Crippen LogP contribution in [0.15, 0.2) is 35.3 Å². The van der Waals surface area contributed by atoms with E-state index in [9.17, 15) is 4.79 Å². The first-order valence-corrected chi connectivity index (χ1v) is 9.45. The molecule has 1 atom stereocenters. The van der Waals surface area contributed by atoms with E-state index in [4.69, 9.17) is 0 Å². The summed E-state index contributed by atoms with van der Waals surface area (Å²) < 4.78 is 0. The second kappa shape index (κ2) is 12.1. The summed E-state index contributed by atoms with van der Waals surface area (Å²) in [5.41, 5.74) is 1.40. The van der Waals surface area contributed by atoms with Crippen LogP contribution in [-0.2, 0) is 11.2 Å². The lowest BCUT2D eigenvalue weighted by atomic mass is 9.99. The Morgan fingerprint density at radius 2 is 2.04 bits per heavy atom. The number of rotatable bonds is 7. The predicted octanol–water partition coefficient (Wildman–Crippen LogP) is 3.05. The number of guanidine groups is 1. The highest BCUT2D eigenvalue weighted by Gasteiger charge is 2.24. The summed E-state index contributed by atoms with van der Waals surface area (Å²) in [6.45, 7) is 9.46. The smallest absolute Gasteiger partial charge is 0.222 e. The molecule has 1 aliphatic rings. The van der Waals surface area contributed by atoms with Crippen molar-refractivity contribution >= 4 is 35.8 Å². The molecule has 1 aromatic rings. The van der Waals surface area contributed by atoms with Gasteiger partial charge in [0.25, 0.3) is 0 Å². The average molecular weight is 472 g/mol. The van der Waals surface area contributed by atoms with Crippen LogP contribution < -0.4 is 10.6 Å². The maximum Gasteiger partial charge on any atom is 0.222 e. The van der Waals surface area contributed by atoms with Crippen LogP contribution in [0.3, 0.4) is 0 Å². The molecule has 1 saturated heterocycles. The highest BCUT2D eigenvalue weighted by atomic mass is 127. The zero-order valence-electron chi connectivity index (χ0n) is 16.2. The number of halogens is 1. The van der Waals surface area contributed by atoms with Crippen molar-refractivity contribution in [2.75, 3.05) is 26.2 Å². The standard InChI is InChI=1S/C20H32N4O.HI/c1-4-21-20(22-12-10-19(25)23-16(2)3)24-13-11-18(15-24)14-17-8-6-5-7-9-17;/h5-9,16,18H,4,10-15H2,1-3H3,(H,21,22)(H,23,25);1H. The normalized spacial score (nSPS) is 17.2. The number of nitrogens with zero attached hydrogens (tertiary/aromatic N) is 2. The Kier molecular flexibility index (Phi) is 10.6. The third-order valence-corrected chi connectivity index (χ3v) is 4.34. The number of likely N-dealkylation sites (tertiary alicyclic amines) is 1. The van der Waals surface area contributed by atoms with Crippen molar-refractivity contribution in [1.82, 2.24) is 15.5 Å². The Morgan fingerprint density at radius 3 is 2.69 bits per heavy atom. The minimum atomic E-state index is 0. The minimum absolute atomic E-state index is 0. The summed E-state index contributed by atoms with van der Waals surface area (Å²) in [5, 5.41) is 6.28. The summed E-state index contributed by atoms with van der Waals surface area (Å²) in [6.07, 6.45) is 2.75. The molecule has 0 aromatic heterocycles. The Morgan fingerprint density at radius 1 is 1.31 bits per heavy atom. The van der Waals surface area contributed by atoms with Gasteiger partial charge in [0.15, 0.2) is 5.96 Å². The minimum Gasteiger partial charge on any atom is -0.357 e. The van der Waals surface area contributed by atoms with Crippen molar-refractivity contribution in [3.63, 3.8) is 0 Å². The Labute approximate surface area is 175 Å². The summed E-state index contributed by atoms with van der Waals surface area (Å²) in [4.78, 5) is 18.7. The fourth-order valence-corrected chi connectivity index (χ4v) is 3.22. The number of carbonyl (C=O) groups is 1. The molecule has 1 unspecified atom stereocenters. The molecule has 0 aliphatic carbocycles. The monoisotopic (exact) mass is 472 g/mol. The molecular weight excluding hydrogens is 439 g/mol. The SMILES string of the molecule is CCNC(=NCCC(=O)NC(C)C)N1CCC(Cc2ccccc2)C1.I. The van der Waals surface area contributed by atoms with Crippen molar-refractivity contribution in [1.29, 1.82) is 0 Å². The van der Waals surface area contributed by atoms with Gasteiger partial charge in [0.1, 0.15) is 0 Å². The van der Waals surface area contributed by atoms with Gasteiger partial charge in [-0.25, -0.2) is 0 Å². The topological polar surface area (TPSA) is 56.7 Å². The van der Waals surface area contributed by atoms with Crippen LogP contribution in [0, 0.1) is 5.92 Å². The van der Waals surface area contributed by atoms with Gasteiger partial charge in [0.2, 0.25) is 5.91 Å². The van der Waals surface area contributed by atoms with Gasteiger partial charge in [-0.1, -0.05) is 30.3 Å². The van der Waals surface area contributed by atoms with Crippen molar-refractivity contribution in [3.05, 3.63) is 35.9 Å². The second-order valence-electron chi connectivity index (χ2n) is 7.00. The molecule has 1 heterocycles. The second-order valence-corrected chi connectivity index (χ2v) is 7.00. The van der Waals surface area contributed by atoms with E-state index in [1.807, 2.05) is 13.8 Å². The maximum atomic E-state index is 11.8. The van der Waals surface area contributed by atoms with Gasteiger partial charge in [-0.3, -0.25) is 9.79 Å². The van der Waals surface area contributed by atoms with Gasteiger partial charge in [-0.2, -0.15) is 0 Å². The van der Waals surface area contributed by atoms with Crippen molar-refractivity contribution in [2.24, 2.45) is 10.9 Å². The molecule has 0 saturated carbocycles. The van der Waals surface area contributed by atoms with E-state index in [2.05, 4.69) is 57.8 Å². The molecule has 1 aromatic carbocycles. The molecule has 6 heteroatoms. The van der Waals surface area contributed by atoms with E-state index in [0.29, 0.717) is 18.9 Å². The molecule has 146 valence electrons. The van der Waals surface area contributed by atoms with Crippen LogP contribution in [0.1, 0.15) is 39.2 Å². The van der Waals surface area contributed by atoms with Crippen LogP contribution >= 0.6 is 24.0 Å². The fourth-order valence-electron chi connectivity index (χ4n) is 3.22. The highest BCUT2D eigenvalue weighted by Crippen LogP contribution is 2.20. The van der Waals surface area contributed by atoms with E-state index in [0.717, 1.165) is 32.0 Å². The van der Waals surface area contributed by atoms with Crippen LogP contribution in [0.2, 0.25) is 0 Å². The molecule has 2 rings (SSSR count). The number of carbonyl (C=O) groups excluding carboxylic acids is 1. The molecule has 5 nitrogen and oxygen atoms in total. The molecule has 1 aliphatic heterocycles. The van der Waals surface area contributed by atoms with E-state index in [-0.39, 0.29) is 35.9 Å². The number of benzene rings is 1. The lowest BCUT2D eigenvalue weighted by Crippen LogP contribution is -2.40. The van der Waals surface area contributed by atoms with Gasteiger partial charge < -0.3 is 15.5 Å². The largest absolute Gasteiger partial charge is 0.357 e. The number of hydrogen-bond donors (Lipinski definition) is 2. The van der Waals surface area contributed by atoms with Crippen molar-refractivity contribution < 1.29 is 4.79 Å². The zero-order chi connectivity index (χ0) is 18.1. The molecule has 1 amide bonds. The van der Waals surface area contributed by atoms with Gasteiger partial charge in [0, 0.05) is 32.1 Å². The highest BCUT2D eigenvalue weighted by molar-refractivity contribution is 14.0. The van der Waals surface area contributed by atoms with Gasteiger partial charge in [-0.15, -0.1) is 24.0 Å².